The molecule has 9 atom stereocenters. The molecule has 1 aromatic carbocycles. The summed E-state index contributed by atoms with van der Waals surface area (Å²) in [6.07, 6.45) is 17.8. The van der Waals surface area contributed by atoms with Crippen molar-refractivity contribution in [2.24, 2.45) is 57.2 Å². The highest BCUT2D eigenvalue weighted by atomic mass is 16.5. The summed E-state index contributed by atoms with van der Waals surface area (Å²) in [5.74, 6) is 5.89. The number of unbranched alkanes of at least 4 members (excludes halogenated alkanes) is 1. The highest BCUT2D eigenvalue weighted by molar-refractivity contribution is 5.60. The molecule has 4 aliphatic rings. The van der Waals surface area contributed by atoms with Crippen LogP contribution in [-0.2, 0) is 4.74 Å². The van der Waals surface area contributed by atoms with Crippen molar-refractivity contribution in [1.82, 2.24) is 0 Å². The molecule has 0 bridgehead atoms. The van der Waals surface area contributed by atoms with Gasteiger partial charge in [-0.1, -0.05) is 74.7 Å². The Morgan fingerprint density at radius 1 is 0.773 bits per heavy atom. The van der Waals surface area contributed by atoms with Crippen molar-refractivity contribution in [2.75, 3.05) is 24.7 Å². The van der Waals surface area contributed by atoms with Crippen LogP contribution in [-0.4, -0.2) is 19.3 Å². The molecule has 0 spiro atoms. The van der Waals surface area contributed by atoms with Crippen molar-refractivity contribution in [3.8, 4) is 5.75 Å². The third kappa shape index (κ3) is 6.04. The van der Waals surface area contributed by atoms with E-state index in [9.17, 15) is 0 Å². The molecule has 8 unspecified atom stereocenters. The largest absolute Gasteiger partial charge is 0.491 e. The lowest BCUT2D eigenvalue weighted by Gasteiger charge is -2.67. The zero-order valence-electron chi connectivity index (χ0n) is 29.9. The minimum atomic E-state index is 0.220. The Bertz CT molecular complexity index is 1120. The van der Waals surface area contributed by atoms with Crippen LogP contribution in [0.25, 0.3) is 0 Å². The topological polar surface area (TPSA) is 70.5 Å². The molecular weight excluding hydrogens is 540 g/mol. The Kier molecular flexibility index (Phi) is 10.0. The van der Waals surface area contributed by atoms with E-state index in [2.05, 4.69) is 55.4 Å². The van der Waals surface area contributed by atoms with Crippen molar-refractivity contribution >= 4 is 11.4 Å². The summed E-state index contributed by atoms with van der Waals surface area (Å²) in [5.41, 5.74) is 14.8. The molecule has 4 saturated carbocycles. The van der Waals surface area contributed by atoms with Crippen LogP contribution in [0.2, 0.25) is 0 Å². The first kappa shape index (κ1) is 33.9. The predicted molar refractivity (Wildman–Crippen MR) is 187 cm³/mol. The molecule has 4 heteroatoms. The molecular formula is C40H68N2O2. The van der Waals surface area contributed by atoms with E-state index >= 15 is 0 Å². The lowest BCUT2D eigenvalue weighted by molar-refractivity contribution is -0.208. The van der Waals surface area contributed by atoms with Gasteiger partial charge >= 0.3 is 0 Å². The molecule has 0 heterocycles. The van der Waals surface area contributed by atoms with Gasteiger partial charge in [0.15, 0.2) is 0 Å². The van der Waals surface area contributed by atoms with E-state index in [1.165, 1.54) is 70.6 Å². The van der Waals surface area contributed by atoms with Crippen LogP contribution >= 0.6 is 0 Å². The van der Waals surface area contributed by atoms with E-state index in [-0.39, 0.29) is 5.41 Å². The van der Waals surface area contributed by atoms with Gasteiger partial charge in [-0.2, -0.15) is 0 Å². The minimum Gasteiger partial charge on any atom is -0.491 e. The fourth-order valence-corrected chi connectivity index (χ4v) is 12.1. The Morgan fingerprint density at radius 3 is 2.23 bits per heavy atom. The van der Waals surface area contributed by atoms with Gasteiger partial charge in [0.05, 0.1) is 18.4 Å². The molecule has 0 aliphatic heterocycles. The zero-order valence-corrected chi connectivity index (χ0v) is 29.9. The lowest BCUT2D eigenvalue weighted by Crippen LogP contribution is -2.62. The summed E-state index contributed by atoms with van der Waals surface area (Å²) in [7, 11) is 0. The highest BCUT2D eigenvalue weighted by Crippen LogP contribution is 2.74. The fraction of sp³-hybridized carbons (Fsp3) is 0.850. The smallest absolute Gasteiger partial charge is 0.142 e. The average Bonchev–Trinajstić information content (AvgIpc) is 3.23. The standard InChI is InChI=1S/C40H68N2O2/c1-27(2)12-11-13-28(3)30-18-22-40(8)32-15-17-35-37(4,5)36(20-21-38(35,6)31(32)19-23-39(30,40)7)44-25-10-9-24-43-34-16-14-29(41)26-33(34)42/h14,16,26-28,30-32,35-36H,9-13,15,17-25,41-42H2,1-8H3/t28?,30?,31?,32?,35?,36?,38?,39?,40-/m0/s1. The van der Waals surface area contributed by atoms with Crippen molar-refractivity contribution in [2.45, 2.75) is 145 Å². The van der Waals surface area contributed by atoms with Gasteiger partial charge in [-0.15, -0.1) is 0 Å². The van der Waals surface area contributed by atoms with Gasteiger partial charge in [0, 0.05) is 12.3 Å². The second kappa shape index (κ2) is 13.0. The van der Waals surface area contributed by atoms with Gasteiger partial charge in [0.25, 0.3) is 0 Å². The summed E-state index contributed by atoms with van der Waals surface area (Å²) in [5, 5.41) is 0. The monoisotopic (exact) mass is 609 g/mol. The normalized spacial score (nSPS) is 38.5. The van der Waals surface area contributed by atoms with E-state index in [1.54, 1.807) is 6.07 Å². The van der Waals surface area contributed by atoms with E-state index in [0.29, 0.717) is 40.3 Å². The number of fused-ring (bicyclic) bond motifs is 5. The summed E-state index contributed by atoms with van der Waals surface area (Å²) < 4.78 is 12.6. The van der Waals surface area contributed by atoms with Crippen LogP contribution < -0.4 is 16.2 Å². The molecule has 0 aromatic heterocycles. The van der Waals surface area contributed by atoms with Crippen LogP contribution in [0.4, 0.5) is 11.4 Å². The van der Waals surface area contributed by atoms with E-state index in [4.69, 9.17) is 20.9 Å². The lowest BCUT2D eigenvalue weighted by atomic mass is 9.38. The summed E-state index contributed by atoms with van der Waals surface area (Å²) >= 11 is 0. The second-order valence-corrected chi connectivity index (χ2v) is 17.7. The van der Waals surface area contributed by atoms with Gasteiger partial charge in [-0.3, -0.25) is 0 Å². The molecule has 0 saturated heterocycles. The van der Waals surface area contributed by atoms with Crippen molar-refractivity contribution in [3.05, 3.63) is 18.2 Å². The van der Waals surface area contributed by atoms with Crippen LogP contribution in [0.1, 0.15) is 139 Å². The predicted octanol–water partition coefficient (Wildman–Crippen LogP) is 10.5. The van der Waals surface area contributed by atoms with Gasteiger partial charge in [0.1, 0.15) is 5.75 Å². The first-order chi connectivity index (χ1) is 20.7. The Labute approximate surface area is 271 Å². The Balaban J connectivity index is 1.17. The van der Waals surface area contributed by atoms with Gasteiger partial charge in [0.2, 0.25) is 0 Å². The summed E-state index contributed by atoms with van der Waals surface area (Å²) in [6, 6.07) is 5.47. The quantitative estimate of drug-likeness (QED) is 0.183. The van der Waals surface area contributed by atoms with E-state index in [1.807, 2.05) is 12.1 Å². The van der Waals surface area contributed by atoms with Crippen LogP contribution in [0.5, 0.6) is 5.75 Å². The Hall–Kier alpha value is -1.42. The minimum absolute atomic E-state index is 0.220. The zero-order chi connectivity index (χ0) is 31.9. The summed E-state index contributed by atoms with van der Waals surface area (Å²) in [6.45, 7) is 22.2. The number of hydrogen-bond donors (Lipinski definition) is 2. The number of benzene rings is 1. The first-order valence-corrected chi connectivity index (χ1v) is 18.6. The van der Waals surface area contributed by atoms with Crippen LogP contribution in [0.3, 0.4) is 0 Å². The molecule has 4 aliphatic carbocycles. The highest BCUT2D eigenvalue weighted by Gasteiger charge is 2.67. The number of rotatable bonds is 12. The van der Waals surface area contributed by atoms with Gasteiger partial charge in [-0.05, 0) is 140 Å². The third-order valence-corrected chi connectivity index (χ3v) is 14.7. The Morgan fingerprint density at radius 2 is 1.50 bits per heavy atom. The maximum atomic E-state index is 6.72. The van der Waals surface area contributed by atoms with Crippen LogP contribution in [0, 0.1) is 57.2 Å². The number of hydrogen-bond acceptors (Lipinski definition) is 4. The van der Waals surface area contributed by atoms with E-state index in [0.717, 1.165) is 60.7 Å². The maximum absolute atomic E-state index is 6.72. The molecule has 0 amide bonds. The molecule has 4 N–H and O–H groups in total. The van der Waals surface area contributed by atoms with Crippen LogP contribution in [0.15, 0.2) is 18.2 Å². The molecule has 250 valence electrons. The molecule has 4 fully saturated rings. The number of ether oxygens (including phenoxy) is 2. The average molecular weight is 609 g/mol. The number of anilines is 2. The third-order valence-electron chi connectivity index (χ3n) is 14.7. The first-order valence-electron chi connectivity index (χ1n) is 18.6. The van der Waals surface area contributed by atoms with Crippen molar-refractivity contribution in [3.63, 3.8) is 0 Å². The maximum Gasteiger partial charge on any atom is 0.142 e. The second-order valence-electron chi connectivity index (χ2n) is 17.7. The fourth-order valence-electron chi connectivity index (χ4n) is 12.1. The number of nitrogens with two attached hydrogens (primary N) is 2. The number of nitrogen functional groups attached to an aromatic ring is 2. The molecule has 4 nitrogen and oxygen atoms in total. The SMILES string of the molecule is CC(C)CCCC(C)C1CC[C@@]2(C)C3CCC4C(C)(C)C(OCCCCOc5ccc(N)cc5N)CCC4(C)C3CCC12C. The summed E-state index contributed by atoms with van der Waals surface area (Å²) in [4.78, 5) is 0. The van der Waals surface area contributed by atoms with E-state index < -0.39 is 0 Å². The molecule has 1 aromatic rings. The van der Waals surface area contributed by atoms with Gasteiger partial charge in [-0.25, -0.2) is 0 Å². The molecule has 0 radical (unpaired) electrons. The van der Waals surface area contributed by atoms with Gasteiger partial charge < -0.3 is 20.9 Å². The van der Waals surface area contributed by atoms with Crippen molar-refractivity contribution < 1.29 is 9.47 Å². The molecule has 44 heavy (non-hydrogen) atoms. The van der Waals surface area contributed by atoms with Crippen molar-refractivity contribution in [1.29, 1.82) is 0 Å². The molecule has 5 rings (SSSR count).